The first-order valence-corrected chi connectivity index (χ1v) is 2.45. The maximum absolute atomic E-state index is 9.06. The molecule has 0 saturated carbocycles. The Morgan fingerprint density at radius 2 is 2.33 bits per heavy atom. The minimum Gasteiger partial charge on any atom is -0.691 e. The summed E-state index contributed by atoms with van der Waals surface area (Å²) < 4.78 is 3.78. The van der Waals surface area contributed by atoms with Gasteiger partial charge in [0, 0.05) is 18.3 Å². The summed E-state index contributed by atoms with van der Waals surface area (Å²) in [6.45, 7) is 0. The Bertz CT molecular complexity index is 101. The van der Waals surface area contributed by atoms with Gasteiger partial charge < -0.3 is 10.6 Å². The summed E-state index contributed by atoms with van der Waals surface area (Å²) in [4.78, 5) is 0. The van der Waals surface area contributed by atoms with Crippen LogP contribution in [0.3, 0.4) is 0 Å². The summed E-state index contributed by atoms with van der Waals surface area (Å²) in [5.74, 6) is 0. The molecule has 0 saturated heterocycles. The average Bonchev–Trinajstić information content (AvgIpc) is 1.81. The SMILES string of the molecule is CNC#CSOO[O-].[Na+]. The van der Waals surface area contributed by atoms with Crippen LogP contribution in [0.25, 0.3) is 0 Å². The minimum absolute atomic E-state index is 0. The molecule has 0 fully saturated rings. The van der Waals surface area contributed by atoms with E-state index in [4.69, 9.17) is 5.26 Å². The molecule has 0 atom stereocenters. The van der Waals surface area contributed by atoms with Crippen molar-refractivity contribution in [1.82, 2.24) is 5.32 Å². The van der Waals surface area contributed by atoms with Crippen LogP contribution >= 0.6 is 12.0 Å². The summed E-state index contributed by atoms with van der Waals surface area (Å²) in [6.07, 6.45) is 0. The van der Waals surface area contributed by atoms with E-state index < -0.39 is 0 Å². The molecule has 4 nitrogen and oxygen atoms in total. The molecule has 46 valence electrons. The molecule has 0 aromatic carbocycles. The van der Waals surface area contributed by atoms with Gasteiger partial charge in [0.2, 0.25) is 0 Å². The van der Waals surface area contributed by atoms with Gasteiger partial charge in [-0.2, -0.15) is 4.33 Å². The zero-order chi connectivity index (χ0) is 6.24. The Balaban J connectivity index is 0. The van der Waals surface area contributed by atoms with Crippen molar-refractivity contribution in [3.8, 4) is 11.3 Å². The minimum atomic E-state index is 0. The Kier molecular flexibility index (Phi) is 15.6. The number of hydrogen-bond acceptors (Lipinski definition) is 5. The van der Waals surface area contributed by atoms with Crippen LogP contribution in [0.15, 0.2) is 0 Å². The third kappa shape index (κ3) is 11.9. The van der Waals surface area contributed by atoms with E-state index in [1.807, 2.05) is 0 Å². The molecular weight excluding hydrogens is 153 g/mol. The third-order valence-corrected chi connectivity index (χ3v) is 0.588. The van der Waals surface area contributed by atoms with Crippen molar-refractivity contribution in [1.29, 1.82) is 0 Å². The predicted molar refractivity (Wildman–Crippen MR) is 26.6 cm³/mol. The molecule has 9 heavy (non-hydrogen) atoms. The average molecular weight is 157 g/mol. The van der Waals surface area contributed by atoms with Gasteiger partial charge in [0.25, 0.3) is 0 Å². The van der Waals surface area contributed by atoms with E-state index >= 15 is 0 Å². The van der Waals surface area contributed by atoms with Crippen LogP contribution in [-0.4, -0.2) is 7.05 Å². The van der Waals surface area contributed by atoms with Crippen LogP contribution in [0.2, 0.25) is 0 Å². The summed E-state index contributed by atoms with van der Waals surface area (Å²) >= 11 is 0.619. The van der Waals surface area contributed by atoms with Crippen LogP contribution in [0.5, 0.6) is 0 Å². The molecule has 0 aromatic rings. The summed E-state index contributed by atoms with van der Waals surface area (Å²) in [6, 6.07) is 2.40. The molecule has 6 heteroatoms. The monoisotopic (exact) mass is 157 g/mol. The summed E-state index contributed by atoms with van der Waals surface area (Å²) in [5.41, 5.74) is 0. The molecular formula is C3H4NNaO3S. The van der Waals surface area contributed by atoms with Crippen molar-refractivity contribution < 1.29 is 44.2 Å². The van der Waals surface area contributed by atoms with Gasteiger partial charge in [0.15, 0.2) is 0 Å². The van der Waals surface area contributed by atoms with Gasteiger partial charge in [-0.15, -0.1) is 0 Å². The summed E-state index contributed by atoms with van der Waals surface area (Å²) in [5, 5.41) is 16.9. The molecule has 0 radical (unpaired) electrons. The normalized spacial score (nSPS) is 6.44. The Morgan fingerprint density at radius 1 is 1.67 bits per heavy atom. The number of nitrogens with one attached hydrogen (secondary N) is 1. The van der Waals surface area contributed by atoms with Gasteiger partial charge in [0.1, 0.15) is 12.0 Å². The quantitative estimate of drug-likeness (QED) is 0.0842. The van der Waals surface area contributed by atoms with Gasteiger partial charge >= 0.3 is 29.6 Å². The smallest absolute Gasteiger partial charge is 0.691 e. The van der Waals surface area contributed by atoms with Crippen LogP contribution in [0, 0.1) is 11.3 Å². The fourth-order valence-electron chi connectivity index (χ4n) is 0.103. The molecule has 0 bridgehead atoms. The topological polar surface area (TPSA) is 53.5 Å². The van der Waals surface area contributed by atoms with Crippen molar-refractivity contribution >= 4 is 12.0 Å². The second-order valence-electron chi connectivity index (χ2n) is 0.696. The van der Waals surface area contributed by atoms with Gasteiger partial charge in [-0.05, 0) is 0 Å². The van der Waals surface area contributed by atoms with Gasteiger partial charge in [0.05, 0.1) is 0 Å². The first-order valence-electron chi connectivity index (χ1n) is 1.70. The molecule has 0 aromatic heterocycles. The van der Waals surface area contributed by atoms with Crippen molar-refractivity contribution in [2.45, 2.75) is 0 Å². The van der Waals surface area contributed by atoms with Crippen molar-refractivity contribution in [3.63, 3.8) is 0 Å². The zero-order valence-electron chi connectivity index (χ0n) is 5.13. The molecule has 0 heterocycles. The van der Waals surface area contributed by atoms with E-state index in [0.29, 0.717) is 12.0 Å². The fourth-order valence-corrected chi connectivity index (χ4v) is 0.308. The number of hydrogen-bond donors (Lipinski definition) is 1. The Hall–Kier alpha value is 0.590. The first kappa shape index (κ1) is 12.3. The van der Waals surface area contributed by atoms with Crippen LogP contribution in [0.4, 0.5) is 0 Å². The van der Waals surface area contributed by atoms with Gasteiger partial charge in [-0.1, -0.05) is 0 Å². The Labute approximate surface area is 79.6 Å². The van der Waals surface area contributed by atoms with Crippen LogP contribution < -0.4 is 40.1 Å². The molecule has 0 spiro atoms. The summed E-state index contributed by atoms with van der Waals surface area (Å²) in [7, 11) is 1.64. The van der Waals surface area contributed by atoms with Gasteiger partial charge in [-0.25, -0.2) is 0 Å². The van der Waals surface area contributed by atoms with E-state index in [2.05, 4.69) is 26.0 Å². The predicted octanol–water partition coefficient (Wildman–Crippen LogP) is -4.00. The fraction of sp³-hybridized carbons (Fsp3) is 0.333. The van der Waals surface area contributed by atoms with Crippen LogP contribution in [0.1, 0.15) is 0 Å². The molecule has 0 unspecified atom stereocenters. The third-order valence-electron chi connectivity index (χ3n) is 0.279. The largest absolute Gasteiger partial charge is 1.00 e. The van der Waals surface area contributed by atoms with Crippen molar-refractivity contribution in [2.75, 3.05) is 7.05 Å². The van der Waals surface area contributed by atoms with E-state index in [1.165, 1.54) is 0 Å². The van der Waals surface area contributed by atoms with E-state index in [0.717, 1.165) is 0 Å². The molecule has 0 aliphatic carbocycles. The zero-order valence-corrected chi connectivity index (χ0v) is 7.95. The maximum atomic E-state index is 9.06. The van der Waals surface area contributed by atoms with Gasteiger partial charge in [-0.3, -0.25) is 5.04 Å². The first-order chi connectivity index (χ1) is 3.91. The molecule has 0 rings (SSSR count). The van der Waals surface area contributed by atoms with Crippen LogP contribution in [-0.2, 0) is 9.37 Å². The molecule has 1 N–H and O–H groups in total. The van der Waals surface area contributed by atoms with Crippen molar-refractivity contribution in [2.24, 2.45) is 0 Å². The molecule has 0 aliphatic rings. The second-order valence-corrected chi connectivity index (χ2v) is 1.20. The standard InChI is InChI=1S/C3H5NO3S.Na/c1-4-2-3-8-7-6-5;/h4-5H,1H3;/q;+1/p-1. The van der Waals surface area contributed by atoms with E-state index in [1.54, 1.807) is 7.05 Å². The molecule has 0 aliphatic heterocycles. The number of rotatable bonds is 2. The van der Waals surface area contributed by atoms with Crippen molar-refractivity contribution in [3.05, 3.63) is 0 Å². The second kappa shape index (κ2) is 11.4. The Morgan fingerprint density at radius 3 is 2.78 bits per heavy atom. The van der Waals surface area contributed by atoms with E-state index in [-0.39, 0.29) is 29.6 Å². The van der Waals surface area contributed by atoms with E-state index in [9.17, 15) is 0 Å². The maximum Gasteiger partial charge on any atom is 1.00 e. The molecule has 0 amide bonds.